The minimum Gasteiger partial charge on any atom is -0.294 e. The van der Waals surface area contributed by atoms with Gasteiger partial charge in [0.05, 0.1) is 0 Å². The van der Waals surface area contributed by atoms with Crippen LogP contribution >= 0.6 is 0 Å². The van der Waals surface area contributed by atoms with E-state index in [1.165, 1.54) is 0 Å². The molecule has 0 aliphatic rings. The zero-order chi connectivity index (χ0) is 10.5. The number of allylic oxidation sites excluding steroid dienone is 4. The van der Waals surface area contributed by atoms with Crippen molar-refractivity contribution in [3.63, 3.8) is 0 Å². The van der Waals surface area contributed by atoms with Crippen LogP contribution in [0.4, 0.5) is 0 Å². The molecule has 0 fully saturated rings. The number of hydrogen-bond donors (Lipinski definition) is 0. The highest BCUT2D eigenvalue weighted by Crippen LogP contribution is 2.24. The van der Waals surface area contributed by atoms with Crippen molar-refractivity contribution < 1.29 is 4.79 Å². The van der Waals surface area contributed by atoms with Gasteiger partial charge in [0, 0.05) is 5.41 Å². The fraction of sp³-hybridized carbons (Fsp3) is 0.583. The van der Waals surface area contributed by atoms with Crippen molar-refractivity contribution in [3.05, 3.63) is 23.8 Å². The van der Waals surface area contributed by atoms with Crippen LogP contribution in [0.15, 0.2) is 23.8 Å². The Hall–Kier alpha value is -0.850. The number of ketones is 1. The summed E-state index contributed by atoms with van der Waals surface area (Å²) in [4.78, 5) is 11.8. The minimum atomic E-state index is -0.220. The van der Waals surface area contributed by atoms with Crippen LogP contribution in [0.1, 0.15) is 41.0 Å². The van der Waals surface area contributed by atoms with Crippen molar-refractivity contribution in [2.75, 3.05) is 0 Å². The molecule has 74 valence electrons. The van der Waals surface area contributed by atoms with Gasteiger partial charge in [-0.1, -0.05) is 39.0 Å². The number of rotatable bonds is 4. The highest BCUT2D eigenvalue weighted by atomic mass is 16.1. The molecular formula is C12H20O. The summed E-state index contributed by atoms with van der Waals surface area (Å²) < 4.78 is 0. The van der Waals surface area contributed by atoms with E-state index in [4.69, 9.17) is 0 Å². The standard InChI is InChI=1S/C12H20O/c1-6-8-9-10(3)11(13)12(4,5)7-2/h6,8-9H,7H2,1-5H3/b8-6-,10-9+. The van der Waals surface area contributed by atoms with Gasteiger partial charge >= 0.3 is 0 Å². The summed E-state index contributed by atoms with van der Waals surface area (Å²) in [6.45, 7) is 9.84. The molecule has 13 heavy (non-hydrogen) atoms. The molecule has 0 N–H and O–H groups in total. The Bertz CT molecular complexity index is 232. The molecular weight excluding hydrogens is 160 g/mol. The van der Waals surface area contributed by atoms with Crippen molar-refractivity contribution in [1.82, 2.24) is 0 Å². The SMILES string of the molecule is C/C=C\C=C(/C)C(=O)C(C)(C)CC. The third kappa shape index (κ3) is 3.58. The summed E-state index contributed by atoms with van der Waals surface area (Å²) >= 11 is 0. The van der Waals surface area contributed by atoms with Gasteiger partial charge in [0.1, 0.15) is 0 Å². The predicted molar refractivity (Wildman–Crippen MR) is 57.7 cm³/mol. The van der Waals surface area contributed by atoms with Gasteiger partial charge < -0.3 is 0 Å². The second-order valence-corrected chi connectivity index (χ2v) is 3.94. The molecule has 0 aliphatic carbocycles. The molecule has 0 bridgehead atoms. The Labute approximate surface area is 81.5 Å². The smallest absolute Gasteiger partial charge is 0.164 e. The summed E-state index contributed by atoms with van der Waals surface area (Å²) in [5, 5.41) is 0. The van der Waals surface area contributed by atoms with Gasteiger partial charge in [0.15, 0.2) is 5.78 Å². The van der Waals surface area contributed by atoms with Crippen molar-refractivity contribution in [2.45, 2.75) is 41.0 Å². The molecule has 0 aliphatic heterocycles. The Balaban J connectivity index is 4.61. The van der Waals surface area contributed by atoms with E-state index >= 15 is 0 Å². The van der Waals surface area contributed by atoms with Crippen LogP contribution in [-0.2, 0) is 4.79 Å². The van der Waals surface area contributed by atoms with Crippen molar-refractivity contribution >= 4 is 5.78 Å². The van der Waals surface area contributed by atoms with Gasteiger partial charge in [0.25, 0.3) is 0 Å². The normalized spacial score (nSPS) is 13.8. The minimum absolute atomic E-state index is 0.220. The fourth-order valence-corrected chi connectivity index (χ4v) is 1.01. The van der Waals surface area contributed by atoms with Crippen LogP contribution in [0.25, 0.3) is 0 Å². The molecule has 0 atom stereocenters. The Morgan fingerprint density at radius 3 is 2.31 bits per heavy atom. The molecule has 0 unspecified atom stereocenters. The van der Waals surface area contributed by atoms with Gasteiger partial charge in [0.2, 0.25) is 0 Å². The number of hydrogen-bond acceptors (Lipinski definition) is 1. The van der Waals surface area contributed by atoms with Crippen LogP contribution in [0, 0.1) is 5.41 Å². The summed E-state index contributed by atoms with van der Waals surface area (Å²) in [5.41, 5.74) is 0.618. The first kappa shape index (κ1) is 12.2. The first-order valence-electron chi connectivity index (χ1n) is 4.80. The molecule has 1 nitrogen and oxygen atoms in total. The number of carbonyl (C=O) groups excluding carboxylic acids is 1. The Morgan fingerprint density at radius 1 is 1.38 bits per heavy atom. The summed E-state index contributed by atoms with van der Waals surface area (Å²) in [6, 6.07) is 0. The lowest BCUT2D eigenvalue weighted by Gasteiger charge is -2.20. The highest BCUT2D eigenvalue weighted by molar-refractivity contribution is 5.99. The van der Waals surface area contributed by atoms with E-state index in [0.29, 0.717) is 0 Å². The van der Waals surface area contributed by atoms with Crippen LogP contribution in [0.5, 0.6) is 0 Å². The highest BCUT2D eigenvalue weighted by Gasteiger charge is 2.25. The second kappa shape index (κ2) is 5.00. The Morgan fingerprint density at radius 2 is 1.92 bits per heavy atom. The average molecular weight is 180 g/mol. The van der Waals surface area contributed by atoms with E-state index in [2.05, 4.69) is 0 Å². The molecule has 0 spiro atoms. The van der Waals surface area contributed by atoms with Crippen LogP contribution in [-0.4, -0.2) is 5.78 Å². The van der Waals surface area contributed by atoms with Crippen LogP contribution in [0.2, 0.25) is 0 Å². The molecule has 0 rings (SSSR count). The summed E-state index contributed by atoms with van der Waals surface area (Å²) in [6.07, 6.45) is 6.58. The largest absolute Gasteiger partial charge is 0.294 e. The van der Waals surface area contributed by atoms with Gasteiger partial charge in [-0.15, -0.1) is 0 Å². The van der Waals surface area contributed by atoms with Gasteiger partial charge in [-0.3, -0.25) is 4.79 Å². The lowest BCUT2D eigenvalue weighted by molar-refractivity contribution is -0.123. The van der Waals surface area contributed by atoms with E-state index in [1.54, 1.807) is 0 Å². The first-order chi connectivity index (χ1) is 5.95. The molecule has 0 saturated heterocycles. The molecule has 0 aromatic heterocycles. The van der Waals surface area contributed by atoms with E-state index in [-0.39, 0.29) is 11.2 Å². The maximum absolute atomic E-state index is 11.8. The van der Waals surface area contributed by atoms with E-state index in [1.807, 2.05) is 52.8 Å². The van der Waals surface area contributed by atoms with Gasteiger partial charge in [-0.05, 0) is 25.8 Å². The van der Waals surface area contributed by atoms with Crippen molar-refractivity contribution in [3.8, 4) is 0 Å². The maximum atomic E-state index is 11.8. The molecule has 0 saturated carbocycles. The van der Waals surface area contributed by atoms with Gasteiger partial charge in [-0.25, -0.2) is 0 Å². The third-order valence-corrected chi connectivity index (χ3v) is 2.40. The third-order valence-electron chi connectivity index (χ3n) is 2.40. The molecule has 0 aromatic carbocycles. The second-order valence-electron chi connectivity index (χ2n) is 3.94. The zero-order valence-electron chi connectivity index (χ0n) is 9.35. The molecule has 0 heterocycles. The van der Waals surface area contributed by atoms with Crippen LogP contribution < -0.4 is 0 Å². The topological polar surface area (TPSA) is 17.1 Å². The molecule has 0 radical (unpaired) electrons. The van der Waals surface area contributed by atoms with Gasteiger partial charge in [-0.2, -0.15) is 0 Å². The van der Waals surface area contributed by atoms with Crippen LogP contribution in [0.3, 0.4) is 0 Å². The molecule has 0 aromatic rings. The summed E-state index contributed by atoms with van der Waals surface area (Å²) in [5.74, 6) is 0.244. The van der Waals surface area contributed by atoms with Crippen molar-refractivity contribution in [2.24, 2.45) is 5.41 Å². The monoisotopic (exact) mass is 180 g/mol. The predicted octanol–water partition coefficient (Wildman–Crippen LogP) is 3.51. The summed E-state index contributed by atoms with van der Waals surface area (Å²) in [7, 11) is 0. The zero-order valence-corrected chi connectivity index (χ0v) is 9.35. The van der Waals surface area contributed by atoms with E-state index < -0.39 is 0 Å². The Kier molecular flexibility index (Phi) is 4.68. The molecule has 0 amide bonds. The fourth-order valence-electron chi connectivity index (χ4n) is 1.01. The van der Waals surface area contributed by atoms with E-state index in [0.717, 1.165) is 12.0 Å². The average Bonchev–Trinajstić information content (AvgIpc) is 2.12. The number of Topliss-reactive ketones (excluding diaryl/α,β-unsaturated/α-hetero) is 1. The maximum Gasteiger partial charge on any atom is 0.164 e. The first-order valence-corrected chi connectivity index (χ1v) is 4.80. The molecule has 1 heteroatoms. The number of carbonyl (C=O) groups is 1. The van der Waals surface area contributed by atoms with Crippen molar-refractivity contribution in [1.29, 1.82) is 0 Å². The van der Waals surface area contributed by atoms with E-state index in [9.17, 15) is 4.79 Å². The quantitative estimate of drug-likeness (QED) is 0.478. The lowest BCUT2D eigenvalue weighted by atomic mass is 9.82. The lowest BCUT2D eigenvalue weighted by Crippen LogP contribution is -2.23.